The van der Waals surface area contributed by atoms with Crippen molar-refractivity contribution in [3.63, 3.8) is 0 Å². The van der Waals surface area contributed by atoms with E-state index >= 15 is 0 Å². The summed E-state index contributed by atoms with van der Waals surface area (Å²) in [4.78, 5) is 16.3. The zero-order valence-corrected chi connectivity index (χ0v) is 15.8. The van der Waals surface area contributed by atoms with Crippen molar-refractivity contribution in [2.75, 3.05) is 5.75 Å². The molecule has 3 aromatic rings. The summed E-state index contributed by atoms with van der Waals surface area (Å²) in [6.45, 7) is 2.23. The third kappa shape index (κ3) is 5.34. The van der Waals surface area contributed by atoms with Crippen LogP contribution in [0.4, 0.5) is 0 Å². The molecule has 3 rings (SSSR count). The van der Waals surface area contributed by atoms with Crippen molar-refractivity contribution in [3.8, 4) is 11.4 Å². The Morgan fingerprint density at radius 1 is 1.23 bits per heavy atom. The van der Waals surface area contributed by atoms with Gasteiger partial charge in [-0.2, -0.15) is 4.98 Å². The predicted molar refractivity (Wildman–Crippen MR) is 104 cm³/mol. The van der Waals surface area contributed by atoms with E-state index in [1.54, 1.807) is 0 Å². The van der Waals surface area contributed by atoms with Crippen molar-refractivity contribution in [2.24, 2.45) is 0 Å². The standard InChI is InChI=1S/C19H18ClN3O2S/c1-13-3-2-4-15(9-13)19-22-18(25-23-19)10-21-17(24)12-26-11-14-5-7-16(20)8-6-14/h2-9H,10-12H2,1H3,(H,21,24). The highest BCUT2D eigenvalue weighted by molar-refractivity contribution is 7.99. The maximum Gasteiger partial charge on any atom is 0.246 e. The van der Waals surface area contributed by atoms with Crippen LogP contribution in [0.5, 0.6) is 0 Å². The van der Waals surface area contributed by atoms with Gasteiger partial charge in [-0.15, -0.1) is 11.8 Å². The normalized spacial score (nSPS) is 10.7. The lowest BCUT2D eigenvalue weighted by atomic mass is 10.1. The summed E-state index contributed by atoms with van der Waals surface area (Å²) in [6, 6.07) is 15.5. The summed E-state index contributed by atoms with van der Waals surface area (Å²) < 4.78 is 5.20. The number of amides is 1. The molecule has 1 heterocycles. The molecule has 7 heteroatoms. The van der Waals surface area contributed by atoms with E-state index in [0.29, 0.717) is 22.5 Å². The van der Waals surface area contributed by atoms with E-state index < -0.39 is 0 Å². The first-order valence-corrected chi connectivity index (χ1v) is 9.62. The fraction of sp³-hybridized carbons (Fsp3) is 0.211. The largest absolute Gasteiger partial charge is 0.346 e. The number of nitrogens with zero attached hydrogens (tertiary/aromatic N) is 2. The Hall–Kier alpha value is -2.31. The van der Waals surface area contributed by atoms with E-state index in [2.05, 4.69) is 15.5 Å². The molecule has 134 valence electrons. The van der Waals surface area contributed by atoms with Crippen LogP contribution in [0.15, 0.2) is 53.1 Å². The maximum absolute atomic E-state index is 11.9. The molecule has 1 aromatic heterocycles. The van der Waals surface area contributed by atoms with Crippen LogP contribution in [-0.4, -0.2) is 21.8 Å². The molecule has 0 aliphatic heterocycles. The molecule has 0 bridgehead atoms. The highest BCUT2D eigenvalue weighted by Crippen LogP contribution is 2.17. The number of carbonyl (C=O) groups excluding carboxylic acids is 1. The molecule has 0 aliphatic rings. The van der Waals surface area contributed by atoms with E-state index in [1.165, 1.54) is 11.8 Å². The van der Waals surface area contributed by atoms with Crippen LogP contribution >= 0.6 is 23.4 Å². The van der Waals surface area contributed by atoms with Crippen molar-refractivity contribution >= 4 is 29.3 Å². The highest BCUT2D eigenvalue weighted by atomic mass is 35.5. The SMILES string of the molecule is Cc1cccc(-c2noc(CNC(=O)CSCc3ccc(Cl)cc3)n2)c1. The molecular formula is C19H18ClN3O2S. The third-order valence-electron chi connectivity index (χ3n) is 3.60. The Bertz CT molecular complexity index is 881. The van der Waals surface area contributed by atoms with Gasteiger partial charge in [0.05, 0.1) is 12.3 Å². The second-order valence-electron chi connectivity index (χ2n) is 5.78. The van der Waals surface area contributed by atoms with Gasteiger partial charge in [-0.3, -0.25) is 4.79 Å². The number of halogens is 1. The molecule has 0 radical (unpaired) electrons. The number of aryl methyl sites for hydroxylation is 1. The average Bonchev–Trinajstić information content (AvgIpc) is 3.11. The van der Waals surface area contributed by atoms with E-state index in [1.807, 2.05) is 55.5 Å². The Kier molecular flexibility index (Phi) is 6.30. The zero-order chi connectivity index (χ0) is 18.4. The van der Waals surface area contributed by atoms with E-state index in [0.717, 1.165) is 22.4 Å². The minimum Gasteiger partial charge on any atom is -0.346 e. The highest BCUT2D eigenvalue weighted by Gasteiger charge is 2.10. The number of rotatable bonds is 7. The van der Waals surface area contributed by atoms with Crippen LogP contribution in [0.1, 0.15) is 17.0 Å². The van der Waals surface area contributed by atoms with Gasteiger partial charge in [0.1, 0.15) is 0 Å². The van der Waals surface area contributed by atoms with Crippen molar-refractivity contribution in [1.29, 1.82) is 0 Å². The van der Waals surface area contributed by atoms with Crippen LogP contribution in [0.2, 0.25) is 5.02 Å². The summed E-state index contributed by atoms with van der Waals surface area (Å²) in [7, 11) is 0. The zero-order valence-electron chi connectivity index (χ0n) is 14.2. The summed E-state index contributed by atoms with van der Waals surface area (Å²) in [6.07, 6.45) is 0. The van der Waals surface area contributed by atoms with E-state index in [4.69, 9.17) is 16.1 Å². The van der Waals surface area contributed by atoms with Crippen LogP contribution in [-0.2, 0) is 17.1 Å². The Balaban J connectivity index is 1.44. The second-order valence-corrected chi connectivity index (χ2v) is 7.20. The molecule has 0 aliphatic carbocycles. The maximum atomic E-state index is 11.9. The first-order chi connectivity index (χ1) is 12.6. The van der Waals surface area contributed by atoms with Crippen molar-refractivity contribution in [1.82, 2.24) is 15.5 Å². The predicted octanol–water partition coefficient (Wildman–Crippen LogP) is 4.25. The Morgan fingerprint density at radius 2 is 2.04 bits per heavy atom. The summed E-state index contributed by atoms with van der Waals surface area (Å²) in [5, 5.41) is 7.46. The average molecular weight is 388 g/mol. The van der Waals surface area contributed by atoms with Gasteiger partial charge in [0, 0.05) is 16.3 Å². The lowest BCUT2D eigenvalue weighted by molar-refractivity contribution is -0.118. The van der Waals surface area contributed by atoms with Gasteiger partial charge in [-0.05, 0) is 30.7 Å². The molecule has 0 saturated carbocycles. The number of carbonyl (C=O) groups is 1. The number of hydrogen-bond acceptors (Lipinski definition) is 5. The number of nitrogens with one attached hydrogen (secondary N) is 1. The Labute approximate surface area is 161 Å². The van der Waals surface area contributed by atoms with Gasteiger partial charge in [0.15, 0.2) is 0 Å². The van der Waals surface area contributed by atoms with Crippen molar-refractivity contribution < 1.29 is 9.32 Å². The van der Waals surface area contributed by atoms with Gasteiger partial charge >= 0.3 is 0 Å². The monoisotopic (exact) mass is 387 g/mol. The molecule has 2 aromatic carbocycles. The fourth-order valence-electron chi connectivity index (χ4n) is 2.30. The van der Waals surface area contributed by atoms with E-state index in [9.17, 15) is 4.79 Å². The molecule has 1 amide bonds. The second kappa shape index (κ2) is 8.87. The van der Waals surface area contributed by atoms with Gasteiger partial charge in [0.25, 0.3) is 0 Å². The lowest BCUT2D eigenvalue weighted by Gasteiger charge is -2.03. The van der Waals surface area contributed by atoms with Gasteiger partial charge < -0.3 is 9.84 Å². The smallest absolute Gasteiger partial charge is 0.246 e. The first kappa shape index (κ1) is 18.5. The number of aromatic nitrogens is 2. The minimum absolute atomic E-state index is 0.0701. The summed E-state index contributed by atoms with van der Waals surface area (Å²) in [5.74, 6) is 1.95. The van der Waals surface area contributed by atoms with Gasteiger partial charge in [-0.1, -0.05) is 52.7 Å². The lowest BCUT2D eigenvalue weighted by Crippen LogP contribution is -2.24. The van der Waals surface area contributed by atoms with Gasteiger partial charge in [0.2, 0.25) is 17.6 Å². The molecule has 0 unspecified atom stereocenters. The number of thioether (sulfide) groups is 1. The van der Waals surface area contributed by atoms with Crippen LogP contribution < -0.4 is 5.32 Å². The minimum atomic E-state index is -0.0701. The topological polar surface area (TPSA) is 68.0 Å². The molecule has 0 atom stereocenters. The molecular weight excluding hydrogens is 370 g/mol. The summed E-state index contributed by atoms with van der Waals surface area (Å²) in [5.41, 5.74) is 3.15. The quantitative estimate of drug-likeness (QED) is 0.656. The van der Waals surface area contributed by atoms with Crippen LogP contribution in [0, 0.1) is 6.92 Å². The molecule has 1 N–H and O–H groups in total. The molecule has 0 spiro atoms. The van der Waals surface area contributed by atoms with Crippen molar-refractivity contribution in [3.05, 3.63) is 70.6 Å². The number of hydrogen-bond donors (Lipinski definition) is 1. The van der Waals surface area contributed by atoms with E-state index in [-0.39, 0.29) is 12.5 Å². The molecule has 5 nitrogen and oxygen atoms in total. The summed E-state index contributed by atoms with van der Waals surface area (Å²) >= 11 is 7.39. The molecule has 26 heavy (non-hydrogen) atoms. The van der Waals surface area contributed by atoms with Crippen LogP contribution in [0.25, 0.3) is 11.4 Å². The third-order valence-corrected chi connectivity index (χ3v) is 4.85. The van der Waals surface area contributed by atoms with Crippen molar-refractivity contribution in [2.45, 2.75) is 19.2 Å². The fourth-order valence-corrected chi connectivity index (χ4v) is 3.24. The molecule has 0 fully saturated rings. The first-order valence-electron chi connectivity index (χ1n) is 8.08. The van der Waals surface area contributed by atoms with Gasteiger partial charge in [-0.25, -0.2) is 0 Å². The Morgan fingerprint density at radius 3 is 2.81 bits per heavy atom. The molecule has 0 saturated heterocycles. The number of benzene rings is 2. The van der Waals surface area contributed by atoms with Crippen LogP contribution in [0.3, 0.4) is 0 Å².